The first kappa shape index (κ1) is 16.0. The van der Waals surface area contributed by atoms with Crippen LogP contribution in [-0.2, 0) is 16.1 Å². The molecule has 0 unspecified atom stereocenters. The Labute approximate surface area is 135 Å². The van der Waals surface area contributed by atoms with E-state index < -0.39 is 0 Å². The van der Waals surface area contributed by atoms with Crippen LogP contribution in [0.15, 0.2) is 17.1 Å². The maximum absolute atomic E-state index is 12.4. The largest absolute Gasteiger partial charge is 0.377 e. The maximum Gasteiger partial charge on any atom is 0.269 e. The first-order valence-electron chi connectivity index (χ1n) is 8.35. The molecule has 2 aliphatic rings. The monoisotopic (exact) mass is 320 g/mol. The molecule has 0 N–H and O–H groups in total. The van der Waals surface area contributed by atoms with E-state index >= 15 is 0 Å². The standard InChI is InChI=1S/C16H24N4O3/c1-13-11-19(7-4-8-23-13)16(22)12-20-15(21)9-14(10-17-20)18-5-2-3-6-18/h9-10,13H,2-8,11-12H2,1H3/t13-/m0/s1. The smallest absolute Gasteiger partial charge is 0.269 e. The van der Waals surface area contributed by atoms with Gasteiger partial charge in [0.25, 0.3) is 5.56 Å². The van der Waals surface area contributed by atoms with Gasteiger partial charge in [0.1, 0.15) is 6.54 Å². The molecular formula is C16H24N4O3. The zero-order chi connectivity index (χ0) is 16.2. The molecule has 3 heterocycles. The highest BCUT2D eigenvalue weighted by Gasteiger charge is 2.21. The van der Waals surface area contributed by atoms with Gasteiger partial charge in [-0.05, 0) is 26.2 Å². The number of carbonyl (C=O) groups is 1. The minimum absolute atomic E-state index is 0.00810. The summed E-state index contributed by atoms with van der Waals surface area (Å²) in [5, 5.41) is 4.18. The molecule has 1 aromatic heterocycles. The number of hydrogen-bond donors (Lipinski definition) is 0. The molecule has 0 bridgehead atoms. The van der Waals surface area contributed by atoms with Crippen LogP contribution >= 0.6 is 0 Å². The summed E-state index contributed by atoms with van der Waals surface area (Å²) < 4.78 is 6.79. The molecule has 2 saturated heterocycles. The number of ether oxygens (including phenoxy) is 1. The molecule has 0 radical (unpaired) electrons. The lowest BCUT2D eigenvalue weighted by molar-refractivity contribution is -0.132. The van der Waals surface area contributed by atoms with Crippen molar-refractivity contribution in [3.63, 3.8) is 0 Å². The van der Waals surface area contributed by atoms with Gasteiger partial charge in [0.15, 0.2) is 0 Å². The third-order valence-corrected chi connectivity index (χ3v) is 4.42. The fourth-order valence-corrected chi connectivity index (χ4v) is 3.14. The van der Waals surface area contributed by atoms with Crippen LogP contribution in [0.2, 0.25) is 0 Å². The second-order valence-electron chi connectivity index (χ2n) is 6.28. The summed E-state index contributed by atoms with van der Waals surface area (Å²) in [5.74, 6) is -0.0779. The van der Waals surface area contributed by atoms with Crippen molar-refractivity contribution in [2.45, 2.75) is 38.8 Å². The average Bonchev–Trinajstić information content (AvgIpc) is 2.98. The van der Waals surface area contributed by atoms with Crippen LogP contribution in [0.4, 0.5) is 5.69 Å². The molecule has 0 saturated carbocycles. The van der Waals surface area contributed by atoms with E-state index in [9.17, 15) is 9.59 Å². The van der Waals surface area contributed by atoms with Crippen molar-refractivity contribution in [1.29, 1.82) is 0 Å². The molecule has 23 heavy (non-hydrogen) atoms. The molecular weight excluding hydrogens is 296 g/mol. The van der Waals surface area contributed by atoms with Crippen LogP contribution in [0.5, 0.6) is 0 Å². The Kier molecular flexibility index (Phi) is 4.95. The van der Waals surface area contributed by atoms with Crippen LogP contribution in [0.25, 0.3) is 0 Å². The first-order chi connectivity index (χ1) is 11.1. The Balaban J connectivity index is 1.67. The minimum Gasteiger partial charge on any atom is -0.377 e. The molecule has 1 aromatic rings. The summed E-state index contributed by atoms with van der Waals surface area (Å²) in [7, 11) is 0. The number of amides is 1. The predicted octanol–water partition coefficient (Wildman–Crippen LogP) is 0.481. The number of carbonyl (C=O) groups excluding carboxylic acids is 1. The highest BCUT2D eigenvalue weighted by atomic mass is 16.5. The highest BCUT2D eigenvalue weighted by molar-refractivity contribution is 5.76. The van der Waals surface area contributed by atoms with E-state index in [1.807, 2.05) is 6.92 Å². The van der Waals surface area contributed by atoms with E-state index in [1.54, 1.807) is 17.2 Å². The molecule has 0 spiro atoms. The number of anilines is 1. The van der Waals surface area contributed by atoms with Gasteiger partial charge in [0.05, 0.1) is 18.0 Å². The maximum atomic E-state index is 12.4. The van der Waals surface area contributed by atoms with Crippen LogP contribution in [0.3, 0.4) is 0 Å². The average molecular weight is 320 g/mol. The molecule has 7 nitrogen and oxygen atoms in total. The van der Waals surface area contributed by atoms with Crippen LogP contribution in [0, 0.1) is 0 Å². The van der Waals surface area contributed by atoms with E-state index in [0.717, 1.165) is 38.0 Å². The predicted molar refractivity (Wildman–Crippen MR) is 86.6 cm³/mol. The number of nitrogens with zero attached hydrogens (tertiary/aromatic N) is 4. The fraction of sp³-hybridized carbons (Fsp3) is 0.688. The van der Waals surface area contributed by atoms with Gasteiger partial charge in [-0.15, -0.1) is 0 Å². The van der Waals surface area contributed by atoms with Gasteiger partial charge in [0, 0.05) is 38.9 Å². The Morgan fingerprint density at radius 1 is 1.30 bits per heavy atom. The van der Waals surface area contributed by atoms with E-state index in [-0.39, 0.29) is 24.1 Å². The van der Waals surface area contributed by atoms with Gasteiger partial charge in [-0.25, -0.2) is 4.68 Å². The second kappa shape index (κ2) is 7.12. The van der Waals surface area contributed by atoms with Crippen molar-refractivity contribution < 1.29 is 9.53 Å². The van der Waals surface area contributed by atoms with E-state index in [0.29, 0.717) is 19.7 Å². The Bertz CT molecular complexity index is 610. The Morgan fingerprint density at radius 2 is 2.09 bits per heavy atom. The number of hydrogen-bond acceptors (Lipinski definition) is 5. The second-order valence-corrected chi connectivity index (χ2v) is 6.28. The van der Waals surface area contributed by atoms with E-state index in [1.165, 1.54) is 4.68 Å². The lowest BCUT2D eigenvalue weighted by atomic mass is 10.3. The minimum atomic E-state index is -0.220. The van der Waals surface area contributed by atoms with E-state index in [4.69, 9.17) is 4.74 Å². The van der Waals surface area contributed by atoms with E-state index in [2.05, 4.69) is 10.00 Å². The third-order valence-electron chi connectivity index (χ3n) is 4.42. The molecule has 0 aromatic carbocycles. The van der Waals surface area contributed by atoms with Crippen LogP contribution < -0.4 is 10.5 Å². The van der Waals surface area contributed by atoms with Crippen molar-refractivity contribution in [3.05, 3.63) is 22.6 Å². The molecule has 3 rings (SSSR count). The molecule has 0 aliphatic carbocycles. The molecule has 1 amide bonds. The van der Waals surface area contributed by atoms with Crippen molar-refractivity contribution in [2.75, 3.05) is 37.7 Å². The molecule has 126 valence electrons. The van der Waals surface area contributed by atoms with Crippen LogP contribution in [0.1, 0.15) is 26.2 Å². The quantitative estimate of drug-likeness (QED) is 0.810. The molecule has 2 fully saturated rings. The van der Waals surface area contributed by atoms with Gasteiger partial charge in [-0.1, -0.05) is 0 Å². The normalized spacial score (nSPS) is 22.2. The topological polar surface area (TPSA) is 67.7 Å². The van der Waals surface area contributed by atoms with Crippen LogP contribution in [-0.4, -0.2) is 59.5 Å². The summed E-state index contributed by atoms with van der Waals surface area (Å²) in [6.07, 6.45) is 4.84. The summed E-state index contributed by atoms with van der Waals surface area (Å²) in [6.45, 7) is 5.80. The number of rotatable bonds is 3. The lowest BCUT2D eigenvalue weighted by Gasteiger charge is -2.22. The summed E-state index contributed by atoms with van der Waals surface area (Å²) in [6, 6.07) is 1.58. The molecule has 7 heteroatoms. The van der Waals surface area contributed by atoms with Gasteiger partial charge < -0.3 is 14.5 Å². The SMILES string of the molecule is C[C@H]1CN(C(=O)Cn2ncc(N3CCCC3)cc2=O)CCCO1. The zero-order valence-corrected chi connectivity index (χ0v) is 13.6. The van der Waals surface area contributed by atoms with Crippen molar-refractivity contribution in [2.24, 2.45) is 0 Å². The van der Waals surface area contributed by atoms with Gasteiger partial charge in [-0.2, -0.15) is 5.10 Å². The van der Waals surface area contributed by atoms with Gasteiger partial charge >= 0.3 is 0 Å². The Morgan fingerprint density at radius 3 is 2.83 bits per heavy atom. The highest BCUT2D eigenvalue weighted by Crippen LogP contribution is 2.16. The van der Waals surface area contributed by atoms with Gasteiger partial charge in [-0.3, -0.25) is 9.59 Å². The summed E-state index contributed by atoms with van der Waals surface area (Å²) >= 11 is 0. The van der Waals surface area contributed by atoms with Crippen molar-refractivity contribution in [3.8, 4) is 0 Å². The number of aromatic nitrogens is 2. The summed E-state index contributed by atoms with van der Waals surface area (Å²) in [5.41, 5.74) is 0.634. The van der Waals surface area contributed by atoms with Crippen molar-refractivity contribution >= 4 is 11.6 Å². The first-order valence-corrected chi connectivity index (χ1v) is 8.35. The zero-order valence-electron chi connectivity index (χ0n) is 13.6. The third kappa shape index (κ3) is 3.90. The lowest BCUT2D eigenvalue weighted by Crippen LogP contribution is -2.40. The van der Waals surface area contributed by atoms with Gasteiger partial charge in [0.2, 0.25) is 5.91 Å². The Hall–Kier alpha value is -1.89. The fourth-order valence-electron chi connectivity index (χ4n) is 3.14. The molecule has 1 atom stereocenters. The molecule has 2 aliphatic heterocycles. The summed E-state index contributed by atoms with van der Waals surface area (Å²) in [4.78, 5) is 28.6. The van der Waals surface area contributed by atoms with Crippen molar-refractivity contribution in [1.82, 2.24) is 14.7 Å².